The first-order valence-corrected chi connectivity index (χ1v) is 2.08. The standard InChI is InChI=1S/C4H7N.CO2/c1-4(2)3-5;2-1-3/h4H,1-2H3;. The summed E-state index contributed by atoms with van der Waals surface area (Å²) in [6.45, 7) is 3.72. The van der Waals surface area contributed by atoms with E-state index in [-0.39, 0.29) is 12.1 Å². The maximum absolute atomic E-state index is 8.12. The molecule has 44 valence electrons. The average molecular weight is 113 g/mol. The Morgan fingerprint density at radius 1 is 1.38 bits per heavy atom. The van der Waals surface area contributed by atoms with Crippen LogP contribution in [0.2, 0.25) is 0 Å². The Morgan fingerprint density at radius 3 is 1.50 bits per heavy atom. The summed E-state index contributed by atoms with van der Waals surface area (Å²) < 4.78 is 0. The summed E-state index contributed by atoms with van der Waals surface area (Å²) in [6, 6.07) is 2.03. The second kappa shape index (κ2) is 9.30. The normalized spacial score (nSPS) is 5.75. The van der Waals surface area contributed by atoms with E-state index in [2.05, 4.69) is 0 Å². The van der Waals surface area contributed by atoms with Crippen molar-refractivity contribution in [2.24, 2.45) is 5.92 Å². The molecule has 0 bridgehead atoms. The predicted molar refractivity (Wildman–Crippen MR) is 25.5 cm³/mol. The van der Waals surface area contributed by atoms with Crippen molar-refractivity contribution >= 4 is 6.15 Å². The van der Waals surface area contributed by atoms with Gasteiger partial charge in [-0.1, -0.05) is 0 Å². The summed E-state index contributed by atoms with van der Waals surface area (Å²) >= 11 is 0. The molecule has 0 aliphatic heterocycles. The lowest BCUT2D eigenvalue weighted by Crippen LogP contribution is -1.72. The molecule has 0 amide bonds. The van der Waals surface area contributed by atoms with E-state index in [1.54, 1.807) is 0 Å². The van der Waals surface area contributed by atoms with Gasteiger partial charge in [0.1, 0.15) is 0 Å². The molecule has 0 spiro atoms. The van der Waals surface area contributed by atoms with Crippen LogP contribution in [0.3, 0.4) is 0 Å². The van der Waals surface area contributed by atoms with Gasteiger partial charge in [0.15, 0.2) is 0 Å². The van der Waals surface area contributed by atoms with Crippen molar-refractivity contribution in [1.29, 1.82) is 5.26 Å². The molecular formula is C5H7NO2. The van der Waals surface area contributed by atoms with E-state index in [1.165, 1.54) is 0 Å². The van der Waals surface area contributed by atoms with Gasteiger partial charge in [-0.05, 0) is 13.8 Å². The second-order valence-electron chi connectivity index (χ2n) is 1.37. The molecule has 0 aromatic rings. The van der Waals surface area contributed by atoms with Crippen LogP contribution < -0.4 is 0 Å². The molecule has 0 unspecified atom stereocenters. The molecule has 0 aromatic heterocycles. The van der Waals surface area contributed by atoms with Crippen molar-refractivity contribution in [1.82, 2.24) is 0 Å². The van der Waals surface area contributed by atoms with Gasteiger partial charge >= 0.3 is 6.15 Å². The van der Waals surface area contributed by atoms with Gasteiger partial charge in [-0.15, -0.1) is 0 Å². The van der Waals surface area contributed by atoms with Gasteiger partial charge in [-0.3, -0.25) is 0 Å². The average Bonchev–Trinajstić information content (AvgIpc) is 1.69. The molecule has 0 rings (SSSR count). The highest BCUT2D eigenvalue weighted by Gasteiger charge is 1.78. The first-order valence-electron chi connectivity index (χ1n) is 2.08. The van der Waals surface area contributed by atoms with Gasteiger partial charge < -0.3 is 0 Å². The van der Waals surface area contributed by atoms with Gasteiger partial charge in [-0.25, -0.2) is 0 Å². The number of nitrogens with zero attached hydrogens (tertiary/aromatic N) is 1. The zero-order chi connectivity index (χ0) is 6.99. The topological polar surface area (TPSA) is 57.9 Å². The van der Waals surface area contributed by atoms with E-state index >= 15 is 0 Å². The third-order valence-corrected chi connectivity index (χ3v) is 0.258. The molecule has 0 N–H and O–H groups in total. The number of carbonyl (C=O) groups excluding carboxylic acids is 2. The van der Waals surface area contributed by atoms with Crippen LogP contribution in [0.5, 0.6) is 0 Å². The third kappa shape index (κ3) is 96.4. The van der Waals surface area contributed by atoms with Crippen molar-refractivity contribution in [3.63, 3.8) is 0 Å². The minimum atomic E-state index is 0.190. The lowest BCUT2D eigenvalue weighted by Gasteiger charge is -1.75. The predicted octanol–water partition coefficient (Wildman–Crippen LogP) is 0.582. The summed E-state index contributed by atoms with van der Waals surface area (Å²) in [5, 5.41) is 7.89. The Hall–Kier alpha value is -1.13. The number of hydrogen-bond donors (Lipinski definition) is 0. The fraction of sp³-hybridized carbons (Fsp3) is 0.600. The maximum atomic E-state index is 8.12. The first kappa shape index (κ1) is 9.98. The van der Waals surface area contributed by atoms with Crippen LogP contribution >= 0.6 is 0 Å². The molecule has 0 aromatic carbocycles. The number of nitriles is 1. The Morgan fingerprint density at radius 2 is 1.50 bits per heavy atom. The Bertz CT molecular complexity index is 106. The molecule has 8 heavy (non-hydrogen) atoms. The molecular weight excluding hydrogens is 106 g/mol. The highest BCUT2D eigenvalue weighted by atomic mass is 16.2. The lowest BCUT2D eigenvalue weighted by atomic mass is 10.3. The summed E-state index contributed by atoms with van der Waals surface area (Å²) in [5.74, 6) is 0.190. The molecule has 0 aliphatic rings. The molecule has 0 saturated heterocycles. The second-order valence-corrected chi connectivity index (χ2v) is 1.37. The van der Waals surface area contributed by atoms with Crippen molar-refractivity contribution < 1.29 is 9.59 Å². The minimum Gasteiger partial charge on any atom is -0.198 e. The van der Waals surface area contributed by atoms with E-state index < -0.39 is 0 Å². The van der Waals surface area contributed by atoms with Crippen LogP contribution in [0.25, 0.3) is 0 Å². The van der Waals surface area contributed by atoms with Crippen molar-refractivity contribution in [3.05, 3.63) is 0 Å². The van der Waals surface area contributed by atoms with Crippen LogP contribution in [0, 0.1) is 17.2 Å². The number of hydrogen-bond acceptors (Lipinski definition) is 3. The van der Waals surface area contributed by atoms with Crippen LogP contribution in [0.4, 0.5) is 0 Å². The van der Waals surface area contributed by atoms with Crippen molar-refractivity contribution in [3.8, 4) is 6.07 Å². The summed E-state index contributed by atoms with van der Waals surface area (Å²) in [7, 11) is 0. The van der Waals surface area contributed by atoms with E-state index in [4.69, 9.17) is 14.9 Å². The molecule has 0 radical (unpaired) electrons. The van der Waals surface area contributed by atoms with Crippen molar-refractivity contribution in [2.75, 3.05) is 0 Å². The van der Waals surface area contributed by atoms with Gasteiger partial charge in [-0.2, -0.15) is 14.9 Å². The van der Waals surface area contributed by atoms with E-state index in [1.807, 2.05) is 19.9 Å². The van der Waals surface area contributed by atoms with Crippen LogP contribution in [-0.2, 0) is 9.59 Å². The molecule has 0 fully saturated rings. The van der Waals surface area contributed by atoms with Gasteiger partial charge in [0.05, 0.1) is 6.07 Å². The minimum absolute atomic E-state index is 0.190. The fourth-order valence-corrected chi connectivity index (χ4v) is 0. The largest absolute Gasteiger partial charge is 0.373 e. The molecule has 0 aliphatic carbocycles. The van der Waals surface area contributed by atoms with Gasteiger partial charge in [0, 0.05) is 5.92 Å². The van der Waals surface area contributed by atoms with Crippen LogP contribution in [-0.4, -0.2) is 6.15 Å². The Balaban J connectivity index is 0. The Labute approximate surface area is 47.9 Å². The lowest BCUT2D eigenvalue weighted by molar-refractivity contribution is -0.191. The van der Waals surface area contributed by atoms with Crippen LogP contribution in [0.1, 0.15) is 13.8 Å². The maximum Gasteiger partial charge on any atom is 0.373 e. The monoisotopic (exact) mass is 113 g/mol. The smallest absolute Gasteiger partial charge is 0.198 e. The summed E-state index contributed by atoms with van der Waals surface area (Å²) in [4.78, 5) is 16.2. The van der Waals surface area contributed by atoms with Crippen LogP contribution in [0.15, 0.2) is 0 Å². The van der Waals surface area contributed by atoms with Gasteiger partial charge in [0.2, 0.25) is 0 Å². The SMILES string of the molecule is CC(C)C#N.O=C=O. The first-order chi connectivity index (χ1) is 3.68. The molecule has 3 nitrogen and oxygen atoms in total. The summed E-state index contributed by atoms with van der Waals surface area (Å²) in [5.41, 5.74) is 0. The zero-order valence-electron chi connectivity index (χ0n) is 4.84. The molecule has 0 atom stereocenters. The molecule has 0 heterocycles. The number of rotatable bonds is 0. The van der Waals surface area contributed by atoms with Gasteiger partial charge in [0.25, 0.3) is 0 Å². The zero-order valence-corrected chi connectivity index (χ0v) is 4.84. The summed E-state index contributed by atoms with van der Waals surface area (Å²) in [6.07, 6.45) is 0.250. The highest BCUT2D eigenvalue weighted by molar-refractivity contribution is 5.20. The van der Waals surface area contributed by atoms with E-state index in [0.29, 0.717) is 0 Å². The highest BCUT2D eigenvalue weighted by Crippen LogP contribution is 1.81. The Kier molecular flexibility index (Phi) is 11.6. The van der Waals surface area contributed by atoms with Crippen molar-refractivity contribution in [2.45, 2.75) is 13.8 Å². The third-order valence-electron chi connectivity index (χ3n) is 0.258. The molecule has 0 saturated carbocycles. The van der Waals surface area contributed by atoms with E-state index in [0.717, 1.165) is 0 Å². The quantitative estimate of drug-likeness (QED) is 0.461. The van der Waals surface area contributed by atoms with E-state index in [9.17, 15) is 0 Å². The molecule has 3 heteroatoms. The fourth-order valence-electron chi connectivity index (χ4n) is 0.